The first kappa shape index (κ1) is 44.9. The molecule has 7 amide bonds. The third-order valence-corrected chi connectivity index (χ3v) is 12.3. The fourth-order valence-electron chi connectivity index (χ4n) is 8.73. The van der Waals surface area contributed by atoms with E-state index in [1.54, 1.807) is 110 Å². The number of fused-ring (bicyclic) bond motifs is 3. The summed E-state index contributed by atoms with van der Waals surface area (Å²) in [7, 11) is 0. The van der Waals surface area contributed by atoms with Crippen LogP contribution in [0.5, 0.6) is 23.0 Å². The van der Waals surface area contributed by atoms with Gasteiger partial charge in [-0.25, -0.2) is 14.7 Å². The summed E-state index contributed by atoms with van der Waals surface area (Å²) in [6.45, 7) is 1.75. The number of terminal acetylenes is 1. The van der Waals surface area contributed by atoms with Gasteiger partial charge >= 0.3 is 0 Å². The van der Waals surface area contributed by atoms with Gasteiger partial charge in [0.25, 0.3) is 41.4 Å². The second-order valence-electron chi connectivity index (χ2n) is 17.1. The van der Waals surface area contributed by atoms with E-state index in [4.69, 9.17) is 15.9 Å². The predicted molar refractivity (Wildman–Crippen MR) is 272 cm³/mol. The summed E-state index contributed by atoms with van der Waals surface area (Å²) in [6.07, 6.45) is 5.44. The minimum atomic E-state index is -0.618. The fourth-order valence-corrected chi connectivity index (χ4v) is 8.73. The van der Waals surface area contributed by atoms with Crippen LogP contribution in [0.4, 0.5) is 22.7 Å². The summed E-state index contributed by atoms with van der Waals surface area (Å²) >= 11 is 0. The molecule has 0 fully saturated rings. The van der Waals surface area contributed by atoms with Crippen molar-refractivity contribution in [2.24, 2.45) is 0 Å². The van der Waals surface area contributed by atoms with Crippen molar-refractivity contribution in [2.75, 3.05) is 20.0 Å². The zero-order valence-electron chi connectivity index (χ0n) is 38.3. The molecule has 11 rings (SSSR count). The number of hydrogen-bond donors (Lipinski definition) is 1. The van der Waals surface area contributed by atoms with Crippen molar-refractivity contribution in [2.45, 2.75) is 6.92 Å². The normalized spacial score (nSPS) is 13.3. The first-order valence-corrected chi connectivity index (χ1v) is 22.6. The molecule has 73 heavy (non-hydrogen) atoms. The van der Waals surface area contributed by atoms with E-state index < -0.39 is 41.4 Å². The van der Waals surface area contributed by atoms with Gasteiger partial charge in [-0.05, 0) is 170 Å². The summed E-state index contributed by atoms with van der Waals surface area (Å²) < 4.78 is 12.1. The molecule has 8 aromatic carbocycles. The molecular formula is C60H34N4O9. The Morgan fingerprint density at radius 3 is 1.40 bits per heavy atom. The van der Waals surface area contributed by atoms with Gasteiger partial charge in [-0.1, -0.05) is 36.0 Å². The van der Waals surface area contributed by atoms with Gasteiger partial charge in [0.05, 0.1) is 50.4 Å². The van der Waals surface area contributed by atoms with Crippen molar-refractivity contribution in [3.8, 4) is 47.2 Å². The number of hydrogen-bond acceptors (Lipinski definition) is 9. The molecule has 0 aliphatic carbocycles. The lowest BCUT2D eigenvalue weighted by Gasteiger charge is -2.16. The average molecular weight is 955 g/mol. The lowest BCUT2D eigenvalue weighted by atomic mass is 10.1. The summed E-state index contributed by atoms with van der Waals surface area (Å²) in [4.78, 5) is 98.1. The SMILES string of the molecule is C#Cc1ccc(NC(=O)c2cc(C)cc(N3C(=O)c4ccc(Oc5ccc6c(c5)C(=O)N(c5ccc(Oc7ccc(N8C(=O)c9ccc(C#Cc%10ccccc%10)cc9C8=O)cc7)cc5)C6=O)cc4C3=O)c2)cc1. The van der Waals surface area contributed by atoms with Crippen molar-refractivity contribution in [3.05, 3.63) is 237 Å². The largest absolute Gasteiger partial charge is 0.457 e. The quantitative estimate of drug-likeness (QED) is 0.110. The van der Waals surface area contributed by atoms with Gasteiger partial charge in [-0.3, -0.25) is 33.6 Å². The minimum absolute atomic E-state index is 0.0772. The molecule has 13 nitrogen and oxygen atoms in total. The number of carbonyl (C=O) groups is 7. The highest BCUT2D eigenvalue weighted by molar-refractivity contribution is 6.36. The van der Waals surface area contributed by atoms with Crippen LogP contribution in [0.2, 0.25) is 0 Å². The van der Waals surface area contributed by atoms with Crippen LogP contribution in [0, 0.1) is 31.1 Å². The van der Waals surface area contributed by atoms with E-state index in [-0.39, 0.29) is 56.1 Å². The summed E-state index contributed by atoms with van der Waals surface area (Å²) in [5, 5.41) is 2.81. The van der Waals surface area contributed by atoms with E-state index >= 15 is 0 Å². The number of rotatable bonds is 9. The molecule has 0 bridgehead atoms. The molecule has 3 aliphatic heterocycles. The third-order valence-electron chi connectivity index (χ3n) is 12.3. The van der Waals surface area contributed by atoms with Gasteiger partial charge in [-0.2, -0.15) is 0 Å². The molecule has 0 atom stereocenters. The summed E-state index contributed by atoms with van der Waals surface area (Å²) in [5.41, 5.74) is 5.38. The number of benzene rings is 8. The lowest BCUT2D eigenvalue weighted by Crippen LogP contribution is -2.29. The van der Waals surface area contributed by atoms with E-state index in [0.717, 1.165) is 20.3 Å². The van der Waals surface area contributed by atoms with E-state index in [2.05, 4.69) is 23.1 Å². The van der Waals surface area contributed by atoms with Gasteiger partial charge < -0.3 is 14.8 Å². The van der Waals surface area contributed by atoms with Gasteiger partial charge in [0, 0.05) is 27.9 Å². The molecule has 0 unspecified atom stereocenters. The Kier molecular flexibility index (Phi) is 11.1. The fraction of sp³-hybridized carbons (Fsp3) is 0.0167. The van der Waals surface area contributed by atoms with Gasteiger partial charge in [0.15, 0.2) is 0 Å². The van der Waals surface area contributed by atoms with Crippen molar-refractivity contribution >= 4 is 64.1 Å². The number of anilines is 4. The van der Waals surface area contributed by atoms with Crippen LogP contribution in [-0.4, -0.2) is 41.4 Å². The molecule has 0 saturated carbocycles. The molecular weight excluding hydrogens is 921 g/mol. The molecule has 3 aliphatic rings. The monoisotopic (exact) mass is 954 g/mol. The summed E-state index contributed by atoms with van der Waals surface area (Å²) in [5.74, 6) is 6.16. The highest BCUT2D eigenvalue weighted by Crippen LogP contribution is 2.37. The van der Waals surface area contributed by atoms with E-state index in [1.807, 2.05) is 30.3 Å². The van der Waals surface area contributed by atoms with Crippen LogP contribution in [-0.2, 0) is 0 Å². The van der Waals surface area contributed by atoms with Crippen molar-refractivity contribution in [3.63, 3.8) is 0 Å². The molecule has 1 N–H and O–H groups in total. The number of nitrogens with zero attached hydrogens (tertiary/aromatic N) is 3. The molecule has 3 heterocycles. The van der Waals surface area contributed by atoms with Crippen LogP contribution in [0.25, 0.3) is 0 Å². The number of amides is 7. The van der Waals surface area contributed by atoms with Crippen LogP contribution in [0.15, 0.2) is 176 Å². The van der Waals surface area contributed by atoms with Crippen LogP contribution >= 0.6 is 0 Å². The number of imide groups is 3. The second kappa shape index (κ2) is 18.0. The third kappa shape index (κ3) is 8.31. The van der Waals surface area contributed by atoms with Crippen LogP contribution < -0.4 is 29.5 Å². The van der Waals surface area contributed by atoms with E-state index in [1.165, 1.54) is 42.5 Å². The second-order valence-corrected chi connectivity index (χ2v) is 17.1. The molecule has 8 aromatic rings. The van der Waals surface area contributed by atoms with Crippen LogP contribution in [0.1, 0.15) is 94.8 Å². The highest BCUT2D eigenvalue weighted by atomic mass is 16.5. The zero-order chi connectivity index (χ0) is 50.5. The number of aryl methyl sites for hydroxylation is 1. The maximum absolute atomic E-state index is 13.8. The Hall–Kier alpha value is -10.6. The average Bonchev–Trinajstić information content (AvgIpc) is 3.92. The van der Waals surface area contributed by atoms with E-state index in [9.17, 15) is 33.6 Å². The maximum atomic E-state index is 13.8. The number of carbonyl (C=O) groups excluding carboxylic acids is 7. The first-order chi connectivity index (χ1) is 35.4. The van der Waals surface area contributed by atoms with Gasteiger partial charge in [-0.15, -0.1) is 6.42 Å². The number of nitrogens with one attached hydrogen (secondary N) is 1. The Bertz CT molecular complexity index is 3830. The highest BCUT2D eigenvalue weighted by Gasteiger charge is 2.40. The van der Waals surface area contributed by atoms with Crippen molar-refractivity contribution in [1.82, 2.24) is 0 Å². The van der Waals surface area contributed by atoms with Crippen molar-refractivity contribution in [1.29, 1.82) is 0 Å². The molecule has 0 saturated heterocycles. The van der Waals surface area contributed by atoms with Gasteiger partial charge in [0.2, 0.25) is 0 Å². The first-order valence-electron chi connectivity index (χ1n) is 22.6. The topological polar surface area (TPSA) is 160 Å². The molecule has 13 heteroatoms. The predicted octanol–water partition coefficient (Wildman–Crippen LogP) is 10.6. The zero-order valence-corrected chi connectivity index (χ0v) is 38.3. The lowest BCUT2D eigenvalue weighted by molar-refractivity contribution is 0.0910. The molecule has 0 radical (unpaired) electrons. The number of ether oxygens (including phenoxy) is 2. The maximum Gasteiger partial charge on any atom is 0.266 e. The molecule has 0 spiro atoms. The standard InChI is InChI=1S/C60H34N4O9/c1-3-36-11-14-40(15-12-36)61-54(65)39-29-35(2)30-43(32-39)64-57(68)50-28-25-47(34-53(50)60(64)71)73-46-24-27-49-52(33-46)59(70)63(56(49)67)42-18-22-45(23-19-42)72-44-20-16-41(17-21-44)62-55(66)48-26-13-38(31-51(48)58(62)69)10-9-37-7-5-4-6-8-37/h1,4-8,11-34H,2H3,(H,61,65). The molecule has 348 valence electrons. The Morgan fingerprint density at radius 1 is 0.425 bits per heavy atom. The Balaban J connectivity index is 0.734. The smallest absolute Gasteiger partial charge is 0.266 e. The Labute approximate surface area is 416 Å². The van der Waals surface area contributed by atoms with Crippen LogP contribution in [0.3, 0.4) is 0 Å². The molecule has 0 aromatic heterocycles. The van der Waals surface area contributed by atoms with E-state index in [0.29, 0.717) is 45.3 Å². The minimum Gasteiger partial charge on any atom is -0.457 e. The van der Waals surface area contributed by atoms with Crippen molar-refractivity contribution < 1.29 is 43.0 Å². The Morgan fingerprint density at radius 2 is 0.863 bits per heavy atom. The van der Waals surface area contributed by atoms with Gasteiger partial charge in [0.1, 0.15) is 23.0 Å². The summed E-state index contributed by atoms with van der Waals surface area (Å²) in [6, 6.07) is 47.5.